The minimum Gasteiger partial charge on any atom is -0.506 e. The van der Waals surface area contributed by atoms with E-state index >= 15 is 0 Å². The van der Waals surface area contributed by atoms with Gasteiger partial charge in [0, 0.05) is 36.4 Å². The van der Waals surface area contributed by atoms with Crippen LogP contribution >= 0.6 is 0 Å². The van der Waals surface area contributed by atoms with E-state index in [1.165, 1.54) is 19.3 Å². The fourth-order valence-corrected chi connectivity index (χ4v) is 6.32. The molecule has 3 fully saturated rings. The van der Waals surface area contributed by atoms with E-state index in [0.717, 1.165) is 24.6 Å². The predicted molar refractivity (Wildman–Crippen MR) is 99.3 cm³/mol. The highest BCUT2D eigenvalue weighted by molar-refractivity contribution is 5.83. The highest BCUT2D eigenvalue weighted by atomic mass is 16.3. The molecule has 5 rings (SSSR count). The zero-order chi connectivity index (χ0) is 18.8. The molecule has 4 aliphatic rings. The molecule has 2 saturated carbocycles. The zero-order valence-corrected chi connectivity index (χ0v) is 15.6. The molecule has 0 spiro atoms. The second kappa shape index (κ2) is 5.80. The van der Waals surface area contributed by atoms with E-state index in [1.807, 2.05) is 6.07 Å². The van der Waals surface area contributed by atoms with Gasteiger partial charge in [0.2, 0.25) is 0 Å². The van der Waals surface area contributed by atoms with Gasteiger partial charge in [0.05, 0.1) is 11.2 Å². The number of nitriles is 1. The average molecular weight is 366 g/mol. The fourth-order valence-electron chi connectivity index (χ4n) is 6.32. The van der Waals surface area contributed by atoms with Crippen LogP contribution in [-0.4, -0.2) is 45.6 Å². The van der Waals surface area contributed by atoms with Crippen molar-refractivity contribution in [3.8, 4) is 11.8 Å². The summed E-state index contributed by atoms with van der Waals surface area (Å²) in [5, 5.41) is 32.3. The molecule has 1 saturated heterocycles. The van der Waals surface area contributed by atoms with Crippen molar-refractivity contribution in [3.63, 3.8) is 0 Å². The predicted octanol–water partition coefficient (Wildman–Crippen LogP) is 2.42. The number of fused-ring (bicyclic) bond motifs is 1. The molecule has 2 bridgehead atoms. The molecule has 1 aromatic carbocycles. The zero-order valence-electron chi connectivity index (χ0n) is 15.6. The first-order chi connectivity index (χ1) is 13.0. The van der Waals surface area contributed by atoms with Crippen molar-refractivity contribution in [1.29, 1.82) is 5.26 Å². The average Bonchev–Trinajstić information content (AvgIpc) is 2.60. The van der Waals surface area contributed by atoms with Gasteiger partial charge in [0.1, 0.15) is 17.6 Å². The summed E-state index contributed by atoms with van der Waals surface area (Å²) in [4.78, 5) is 14.9. The van der Waals surface area contributed by atoms with Crippen molar-refractivity contribution >= 4 is 5.78 Å². The number of rotatable bonds is 2. The van der Waals surface area contributed by atoms with E-state index in [1.54, 1.807) is 6.07 Å². The SMILES string of the molecule is N#Cc1ccc2c(c1O)[C@@]13CCN(CC4CCC4)[C@@H](C2)[C@@]1(O)CCC(=O)C3. The van der Waals surface area contributed by atoms with Crippen LogP contribution in [0.25, 0.3) is 0 Å². The molecule has 3 aliphatic carbocycles. The number of hydrogen-bond acceptors (Lipinski definition) is 5. The molecule has 1 aromatic rings. The number of Topliss-reactive ketones (excluding diaryl/α,β-unsaturated/α-hetero) is 1. The van der Waals surface area contributed by atoms with Gasteiger partial charge in [-0.3, -0.25) is 9.69 Å². The third kappa shape index (κ3) is 2.20. The van der Waals surface area contributed by atoms with Gasteiger partial charge in [0.25, 0.3) is 0 Å². The van der Waals surface area contributed by atoms with Crippen molar-refractivity contribution in [3.05, 3.63) is 28.8 Å². The Morgan fingerprint density at radius 1 is 1.30 bits per heavy atom. The number of phenolic OH excluding ortho intramolecular Hbond substituents is 1. The molecular weight excluding hydrogens is 340 g/mol. The summed E-state index contributed by atoms with van der Waals surface area (Å²) in [5.74, 6) is 0.858. The van der Waals surface area contributed by atoms with Crippen LogP contribution in [0.3, 0.4) is 0 Å². The first-order valence-corrected chi connectivity index (χ1v) is 10.2. The van der Waals surface area contributed by atoms with Gasteiger partial charge in [-0.05, 0) is 56.2 Å². The molecule has 27 heavy (non-hydrogen) atoms. The topological polar surface area (TPSA) is 84.6 Å². The lowest BCUT2D eigenvalue weighted by atomic mass is 9.49. The monoisotopic (exact) mass is 366 g/mol. The van der Waals surface area contributed by atoms with Crippen molar-refractivity contribution in [2.45, 2.75) is 68.4 Å². The lowest BCUT2D eigenvalue weighted by molar-refractivity contribution is -0.175. The summed E-state index contributed by atoms with van der Waals surface area (Å²) in [6.45, 7) is 1.86. The maximum Gasteiger partial charge on any atom is 0.137 e. The van der Waals surface area contributed by atoms with Crippen molar-refractivity contribution in [1.82, 2.24) is 4.90 Å². The van der Waals surface area contributed by atoms with Crippen LogP contribution in [0, 0.1) is 17.2 Å². The van der Waals surface area contributed by atoms with Crippen LogP contribution in [0.5, 0.6) is 5.75 Å². The summed E-state index contributed by atoms with van der Waals surface area (Å²) >= 11 is 0. The van der Waals surface area contributed by atoms with Gasteiger partial charge in [0.15, 0.2) is 0 Å². The smallest absolute Gasteiger partial charge is 0.137 e. The summed E-state index contributed by atoms with van der Waals surface area (Å²) in [6.07, 6.45) is 6.31. The Hall–Kier alpha value is -1.90. The quantitative estimate of drug-likeness (QED) is 0.840. The number of phenols is 1. The number of aliphatic hydroxyl groups is 1. The van der Waals surface area contributed by atoms with Gasteiger partial charge < -0.3 is 10.2 Å². The molecule has 1 aliphatic heterocycles. The second-order valence-electron chi connectivity index (χ2n) is 9.09. The van der Waals surface area contributed by atoms with E-state index in [2.05, 4.69) is 11.0 Å². The maximum absolute atomic E-state index is 12.5. The first kappa shape index (κ1) is 17.2. The number of nitrogens with zero attached hydrogens (tertiary/aromatic N) is 2. The molecule has 0 radical (unpaired) electrons. The molecule has 5 nitrogen and oxygen atoms in total. The van der Waals surface area contributed by atoms with E-state index < -0.39 is 11.0 Å². The number of carbonyl (C=O) groups excluding carboxylic acids is 1. The lowest BCUT2D eigenvalue weighted by Gasteiger charge is -2.63. The van der Waals surface area contributed by atoms with Crippen molar-refractivity contribution in [2.24, 2.45) is 5.92 Å². The number of ketones is 1. The summed E-state index contributed by atoms with van der Waals surface area (Å²) < 4.78 is 0. The van der Waals surface area contributed by atoms with Gasteiger partial charge in [-0.2, -0.15) is 5.26 Å². The maximum atomic E-state index is 12.5. The molecule has 2 N–H and O–H groups in total. The number of hydrogen-bond donors (Lipinski definition) is 2. The second-order valence-corrected chi connectivity index (χ2v) is 9.09. The van der Waals surface area contributed by atoms with E-state index in [4.69, 9.17) is 0 Å². The molecular formula is C22H26N2O3. The standard InChI is InChI=1S/C22H26N2O3/c23-12-16-5-4-15-10-18-22(27)7-6-17(25)11-21(22,19(15)20(16)26)8-9-24(18)13-14-2-1-3-14/h4-5,14,18,26-27H,1-3,6-11,13H2/t18-,21-,22-/m0/s1. The van der Waals surface area contributed by atoms with Gasteiger partial charge in [-0.1, -0.05) is 12.5 Å². The summed E-state index contributed by atoms with van der Waals surface area (Å²) in [6, 6.07) is 5.64. The summed E-state index contributed by atoms with van der Waals surface area (Å²) in [7, 11) is 0. The number of likely N-dealkylation sites (tertiary alicyclic amines) is 1. The minimum absolute atomic E-state index is 0.0141. The van der Waals surface area contributed by atoms with Crippen LogP contribution in [0.15, 0.2) is 12.1 Å². The van der Waals surface area contributed by atoms with Gasteiger partial charge >= 0.3 is 0 Å². The number of aromatic hydroxyl groups is 1. The molecule has 0 amide bonds. The van der Waals surface area contributed by atoms with Crippen LogP contribution in [0.4, 0.5) is 0 Å². The highest BCUT2D eigenvalue weighted by Gasteiger charge is 2.65. The normalized spacial score (nSPS) is 35.7. The molecule has 1 heterocycles. The molecule has 142 valence electrons. The van der Waals surface area contributed by atoms with Gasteiger partial charge in [-0.15, -0.1) is 0 Å². The molecule has 3 atom stereocenters. The van der Waals surface area contributed by atoms with Crippen LogP contribution in [0.2, 0.25) is 0 Å². The Kier molecular flexibility index (Phi) is 3.70. The van der Waals surface area contributed by atoms with E-state index in [0.29, 0.717) is 31.2 Å². The lowest BCUT2D eigenvalue weighted by Crippen LogP contribution is -2.73. The third-order valence-electron chi connectivity index (χ3n) is 7.92. The van der Waals surface area contributed by atoms with E-state index in [9.17, 15) is 20.3 Å². The first-order valence-electron chi connectivity index (χ1n) is 10.2. The summed E-state index contributed by atoms with van der Waals surface area (Å²) in [5.41, 5.74) is 0.138. The third-order valence-corrected chi connectivity index (χ3v) is 7.92. The van der Waals surface area contributed by atoms with E-state index in [-0.39, 0.29) is 29.6 Å². The fraction of sp³-hybridized carbons (Fsp3) is 0.636. The van der Waals surface area contributed by atoms with Crippen LogP contribution in [0.1, 0.15) is 61.6 Å². The van der Waals surface area contributed by atoms with Gasteiger partial charge in [-0.25, -0.2) is 0 Å². The van der Waals surface area contributed by atoms with Crippen molar-refractivity contribution in [2.75, 3.05) is 13.1 Å². The Morgan fingerprint density at radius 2 is 2.11 bits per heavy atom. The van der Waals surface area contributed by atoms with Crippen LogP contribution < -0.4 is 0 Å². The highest BCUT2D eigenvalue weighted by Crippen LogP contribution is 2.59. The number of benzene rings is 1. The van der Waals surface area contributed by atoms with Crippen LogP contribution in [-0.2, 0) is 16.6 Å². The Balaban J connectivity index is 1.66. The molecule has 5 heteroatoms. The van der Waals surface area contributed by atoms with Crippen molar-refractivity contribution < 1.29 is 15.0 Å². The number of carbonyl (C=O) groups is 1. The largest absolute Gasteiger partial charge is 0.506 e. The Labute approximate surface area is 159 Å². The number of piperidine rings is 1. The Bertz CT molecular complexity index is 856. The Morgan fingerprint density at radius 3 is 2.81 bits per heavy atom. The minimum atomic E-state index is -1.01. The molecule has 0 aromatic heterocycles. The molecule has 0 unspecified atom stereocenters.